The summed E-state index contributed by atoms with van der Waals surface area (Å²) in [6, 6.07) is 55.2. The summed E-state index contributed by atoms with van der Waals surface area (Å²) in [5.41, 5.74) is 16.1. The van der Waals surface area contributed by atoms with Crippen LogP contribution in [-0.2, 0) is 57.8 Å². The molecule has 0 saturated carbocycles. The van der Waals surface area contributed by atoms with E-state index in [9.17, 15) is 0 Å². The van der Waals surface area contributed by atoms with Crippen LogP contribution in [0, 0.1) is 18.8 Å². The van der Waals surface area contributed by atoms with Crippen LogP contribution in [0.15, 0.2) is 167 Å². The third-order valence-electron chi connectivity index (χ3n) is 13.9. The summed E-state index contributed by atoms with van der Waals surface area (Å²) in [5, 5.41) is 0. The Labute approximate surface area is 381 Å². The van der Waals surface area contributed by atoms with Gasteiger partial charge in [0, 0.05) is 0 Å². The number of benzene rings is 6. The first-order chi connectivity index (χ1) is 28.0. The monoisotopic (exact) mass is 904 g/mol. The smallest absolute Gasteiger partial charge is 1.00 e. The molecule has 2 aliphatic carbocycles. The van der Waals surface area contributed by atoms with Crippen LogP contribution in [-0.4, -0.2) is 3.21 Å². The van der Waals surface area contributed by atoms with Crippen molar-refractivity contribution in [3.05, 3.63) is 217 Å². The minimum absolute atomic E-state index is 0. The molecule has 3 heteroatoms. The standard InChI is InChI=1S/C37H41.C15H14.C5H5.2ClH.Zr/c1-25(27(3)36(4,5)31-14-10-8-11-15-31)20-28-18-19-33-30(22-28)23-29-21-26(2)35(24-34(29)33)37(6,7)32-16-12-9-13-17-32;1-3-8-14(9-4-1)12-7-13-15-10-5-2-6-11-15;1-2-4-5-3-1;;;/h8-19,21,24-25,27H,20,23H2,1-7H3;1-6,8-11H,12-13H2;1-3H,4H2;2*1H;/q;;;;;+2/p-2. The SMILES string of the molecule is Cc1cc2c(cc1C(C)(C)c1ccccc1)-c1ccc(CC(C)C(C)C(C)(C)c3ccccc3)[c]([Zr+2]([C]3=CC=CC3)=[C](Cc3ccccc3)Cc3ccccc3)c1C2.[Cl-].[Cl-]. The summed E-state index contributed by atoms with van der Waals surface area (Å²) in [6.07, 6.45) is 12.6. The van der Waals surface area contributed by atoms with E-state index in [1.165, 1.54) is 50.1 Å². The van der Waals surface area contributed by atoms with Crippen molar-refractivity contribution in [2.45, 2.75) is 91.4 Å². The number of halogens is 2. The molecule has 0 spiro atoms. The largest absolute Gasteiger partial charge is 1.00 e. The molecule has 0 aromatic heterocycles. The molecule has 2 atom stereocenters. The zero-order chi connectivity index (χ0) is 40.4. The van der Waals surface area contributed by atoms with Crippen LogP contribution in [0.2, 0.25) is 0 Å². The normalized spacial score (nSPS) is 13.8. The maximum Gasteiger partial charge on any atom is -1.00 e. The first-order valence-corrected chi connectivity index (χ1v) is 25.3. The van der Waals surface area contributed by atoms with Gasteiger partial charge in [-0.2, -0.15) is 0 Å². The predicted octanol–water partition coefficient (Wildman–Crippen LogP) is 7.44. The second kappa shape index (κ2) is 19.5. The van der Waals surface area contributed by atoms with Gasteiger partial charge in [0.2, 0.25) is 0 Å². The molecular weight excluding hydrogens is 847 g/mol. The average Bonchev–Trinajstić information content (AvgIpc) is 3.90. The molecule has 6 aromatic carbocycles. The maximum absolute atomic E-state index is 2.77. The molecule has 0 amide bonds. The minimum atomic E-state index is -2.77. The summed E-state index contributed by atoms with van der Waals surface area (Å²) in [5.74, 6) is 0.999. The van der Waals surface area contributed by atoms with E-state index in [-0.39, 0.29) is 35.6 Å². The van der Waals surface area contributed by atoms with Gasteiger partial charge in [-0.25, -0.2) is 0 Å². The van der Waals surface area contributed by atoms with E-state index in [0.717, 1.165) is 32.1 Å². The van der Waals surface area contributed by atoms with Crippen LogP contribution >= 0.6 is 0 Å². The van der Waals surface area contributed by atoms with Crippen LogP contribution in [0.4, 0.5) is 0 Å². The number of aryl methyl sites for hydroxylation is 1. The molecule has 2 unspecified atom stereocenters. The van der Waals surface area contributed by atoms with Crippen molar-refractivity contribution in [1.29, 1.82) is 0 Å². The van der Waals surface area contributed by atoms with Gasteiger partial charge in [-0.15, -0.1) is 0 Å². The summed E-state index contributed by atoms with van der Waals surface area (Å²) in [6.45, 7) is 17.1. The van der Waals surface area contributed by atoms with Crippen LogP contribution in [0.5, 0.6) is 0 Å². The Morgan fingerprint density at radius 1 is 0.650 bits per heavy atom. The Hall–Kier alpha value is -3.87. The zero-order valence-corrected chi connectivity index (χ0v) is 40.5. The fourth-order valence-corrected chi connectivity index (χ4v) is 18.8. The minimum Gasteiger partial charge on any atom is -1.00 e. The molecule has 0 heterocycles. The molecular formula is C57H60Cl2Zr. The Morgan fingerprint density at radius 3 is 1.75 bits per heavy atom. The molecule has 0 aliphatic heterocycles. The summed E-state index contributed by atoms with van der Waals surface area (Å²) in [7, 11) is 0. The van der Waals surface area contributed by atoms with Crippen molar-refractivity contribution in [1.82, 2.24) is 0 Å². The van der Waals surface area contributed by atoms with Gasteiger partial charge in [-0.1, -0.05) is 0 Å². The van der Waals surface area contributed by atoms with Gasteiger partial charge in [0.1, 0.15) is 0 Å². The molecule has 0 radical (unpaired) electrons. The second-order valence-corrected chi connectivity index (χ2v) is 24.7. The van der Waals surface area contributed by atoms with E-state index in [1.807, 2.05) is 0 Å². The summed E-state index contributed by atoms with van der Waals surface area (Å²) < 4.78 is 5.28. The fourth-order valence-electron chi connectivity index (χ4n) is 10.1. The topological polar surface area (TPSA) is 0 Å². The van der Waals surface area contributed by atoms with Gasteiger partial charge in [0.25, 0.3) is 0 Å². The van der Waals surface area contributed by atoms with Crippen molar-refractivity contribution >= 4 is 6.48 Å². The average molecular weight is 907 g/mol. The maximum atomic E-state index is 2.59. The number of fused-ring (bicyclic) bond motifs is 3. The van der Waals surface area contributed by atoms with Gasteiger partial charge in [-0.05, 0) is 0 Å². The molecule has 2 aliphatic rings. The van der Waals surface area contributed by atoms with Gasteiger partial charge in [-0.3, -0.25) is 0 Å². The predicted molar refractivity (Wildman–Crippen MR) is 246 cm³/mol. The van der Waals surface area contributed by atoms with Crippen LogP contribution in [0.25, 0.3) is 11.1 Å². The fraction of sp³-hybridized carbons (Fsp3) is 0.281. The summed E-state index contributed by atoms with van der Waals surface area (Å²) >= 11 is -2.77. The Bertz CT molecular complexity index is 2450. The van der Waals surface area contributed by atoms with Crippen molar-refractivity contribution in [3.63, 3.8) is 0 Å². The number of rotatable bonds is 13. The number of hydrogen-bond donors (Lipinski definition) is 0. The molecule has 0 bridgehead atoms. The molecule has 0 nitrogen and oxygen atoms in total. The van der Waals surface area contributed by atoms with Crippen LogP contribution in [0.3, 0.4) is 0 Å². The molecule has 0 N–H and O–H groups in total. The summed E-state index contributed by atoms with van der Waals surface area (Å²) in [4.78, 5) is 0. The van der Waals surface area contributed by atoms with E-state index in [1.54, 1.807) is 20.9 Å². The van der Waals surface area contributed by atoms with Gasteiger partial charge >= 0.3 is 359 Å². The Morgan fingerprint density at radius 2 is 1.20 bits per heavy atom. The van der Waals surface area contributed by atoms with Crippen LogP contribution in [0.1, 0.15) is 98.0 Å². The van der Waals surface area contributed by atoms with E-state index < -0.39 is 21.3 Å². The molecule has 8 rings (SSSR count). The van der Waals surface area contributed by atoms with Gasteiger partial charge < -0.3 is 24.8 Å². The number of allylic oxidation sites excluding steroid dienone is 4. The first kappa shape index (κ1) is 45.7. The second-order valence-electron chi connectivity index (χ2n) is 18.3. The quantitative estimate of drug-likeness (QED) is 0.113. The van der Waals surface area contributed by atoms with E-state index in [4.69, 9.17) is 0 Å². The third-order valence-corrected chi connectivity index (χ3v) is 21.8. The Balaban J connectivity index is 0.00000302. The Kier molecular flexibility index (Phi) is 14.8. The van der Waals surface area contributed by atoms with Crippen molar-refractivity contribution in [2.24, 2.45) is 11.8 Å². The van der Waals surface area contributed by atoms with Crippen molar-refractivity contribution in [3.8, 4) is 11.1 Å². The number of hydrogen-bond acceptors (Lipinski definition) is 0. The van der Waals surface area contributed by atoms with E-state index in [0.29, 0.717) is 11.8 Å². The zero-order valence-electron chi connectivity index (χ0n) is 36.5. The molecule has 6 aromatic rings. The van der Waals surface area contributed by atoms with Gasteiger partial charge in [0.05, 0.1) is 0 Å². The molecule has 60 heavy (non-hydrogen) atoms. The molecule has 0 fully saturated rings. The molecule has 0 saturated heterocycles. The van der Waals surface area contributed by atoms with Gasteiger partial charge in [0.15, 0.2) is 0 Å². The third kappa shape index (κ3) is 9.31. The van der Waals surface area contributed by atoms with Crippen molar-refractivity contribution in [2.75, 3.05) is 0 Å². The first-order valence-electron chi connectivity index (χ1n) is 21.6. The molecule has 306 valence electrons. The van der Waals surface area contributed by atoms with E-state index >= 15 is 0 Å². The van der Waals surface area contributed by atoms with Crippen molar-refractivity contribution < 1.29 is 46.1 Å². The van der Waals surface area contributed by atoms with E-state index in [2.05, 4.69) is 212 Å². The van der Waals surface area contributed by atoms with Crippen LogP contribution < -0.4 is 28.1 Å².